The molecule has 6 heteroatoms. The van der Waals surface area contributed by atoms with Crippen LogP contribution in [0.2, 0.25) is 0 Å². The maximum Gasteiger partial charge on any atom is 0.184 e. The van der Waals surface area contributed by atoms with Crippen molar-refractivity contribution in [3.05, 3.63) is 42.1 Å². The summed E-state index contributed by atoms with van der Waals surface area (Å²) in [6, 6.07) is 9.87. The highest BCUT2D eigenvalue weighted by molar-refractivity contribution is 7.80. The van der Waals surface area contributed by atoms with Gasteiger partial charge < -0.3 is 5.73 Å². The van der Waals surface area contributed by atoms with Crippen LogP contribution in [0.1, 0.15) is 5.56 Å². The van der Waals surface area contributed by atoms with Gasteiger partial charge in [-0.25, -0.2) is 0 Å². The minimum atomic E-state index is 0.131. The average molecular weight is 245 g/mol. The lowest BCUT2D eigenvalue weighted by Gasteiger charge is -1.98. The second kappa shape index (κ2) is 5.22. The number of nitrogens with one attached hydrogen (secondary N) is 2. The van der Waals surface area contributed by atoms with Crippen molar-refractivity contribution in [3.8, 4) is 11.3 Å². The number of nitrogens with two attached hydrogens (primary N) is 1. The fourth-order valence-corrected chi connectivity index (χ4v) is 1.45. The van der Waals surface area contributed by atoms with Gasteiger partial charge in [-0.3, -0.25) is 10.5 Å². The molecule has 2 rings (SSSR count). The van der Waals surface area contributed by atoms with Gasteiger partial charge in [0.05, 0.1) is 18.1 Å². The van der Waals surface area contributed by atoms with Crippen molar-refractivity contribution in [1.82, 2.24) is 15.6 Å². The zero-order chi connectivity index (χ0) is 12.1. The van der Waals surface area contributed by atoms with Crippen molar-refractivity contribution >= 4 is 23.5 Å². The van der Waals surface area contributed by atoms with Gasteiger partial charge in [0, 0.05) is 11.1 Å². The fraction of sp³-hybridized carbons (Fsp3) is 0. The van der Waals surface area contributed by atoms with E-state index in [1.807, 2.05) is 30.3 Å². The minimum Gasteiger partial charge on any atom is -0.375 e. The molecule has 17 heavy (non-hydrogen) atoms. The zero-order valence-corrected chi connectivity index (χ0v) is 9.74. The first-order valence-corrected chi connectivity index (χ1v) is 5.35. The van der Waals surface area contributed by atoms with E-state index in [2.05, 4.69) is 32.9 Å². The first-order valence-electron chi connectivity index (χ1n) is 4.94. The molecule has 0 atom stereocenters. The first-order chi connectivity index (χ1) is 8.27. The largest absolute Gasteiger partial charge is 0.375 e. The van der Waals surface area contributed by atoms with Crippen molar-refractivity contribution < 1.29 is 0 Å². The third-order valence-electron chi connectivity index (χ3n) is 2.11. The Morgan fingerprint density at radius 1 is 1.41 bits per heavy atom. The second-order valence-electron chi connectivity index (χ2n) is 3.30. The van der Waals surface area contributed by atoms with Crippen LogP contribution in [0.4, 0.5) is 0 Å². The molecule has 0 unspecified atom stereocenters. The third kappa shape index (κ3) is 2.88. The van der Waals surface area contributed by atoms with Crippen molar-refractivity contribution in [1.29, 1.82) is 0 Å². The third-order valence-corrected chi connectivity index (χ3v) is 2.20. The molecular formula is C11H11N5S. The van der Waals surface area contributed by atoms with Gasteiger partial charge >= 0.3 is 0 Å². The fourth-order valence-electron chi connectivity index (χ4n) is 1.39. The van der Waals surface area contributed by atoms with Crippen LogP contribution in [0.15, 0.2) is 41.6 Å². The second-order valence-corrected chi connectivity index (χ2v) is 3.74. The molecule has 1 heterocycles. The first kappa shape index (κ1) is 11.3. The van der Waals surface area contributed by atoms with Gasteiger partial charge in [-0.1, -0.05) is 30.3 Å². The van der Waals surface area contributed by atoms with Crippen LogP contribution < -0.4 is 11.2 Å². The van der Waals surface area contributed by atoms with Crippen LogP contribution in [-0.2, 0) is 0 Å². The van der Waals surface area contributed by atoms with Crippen LogP contribution >= 0.6 is 12.2 Å². The maximum absolute atomic E-state index is 5.26. The van der Waals surface area contributed by atoms with Gasteiger partial charge in [0.25, 0.3) is 0 Å². The van der Waals surface area contributed by atoms with E-state index in [1.165, 1.54) is 0 Å². The van der Waals surface area contributed by atoms with Crippen molar-refractivity contribution in [2.24, 2.45) is 10.8 Å². The minimum absolute atomic E-state index is 0.131. The van der Waals surface area contributed by atoms with Crippen LogP contribution in [0, 0.1) is 0 Å². The highest BCUT2D eigenvalue weighted by Gasteiger charge is 2.04. The topological polar surface area (TPSA) is 79.1 Å². The summed E-state index contributed by atoms with van der Waals surface area (Å²) in [7, 11) is 0. The molecule has 0 aliphatic carbocycles. The van der Waals surface area contributed by atoms with E-state index in [1.54, 1.807) is 12.4 Å². The molecule has 4 N–H and O–H groups in total. The quantitative estimate of drug-likeness (QED) is 0.432. The molecule has 0 radical (unpaired) electrons. The smallest absolute Gasteiger partial charge is 0.184 e. The molecule has 86 valence electrons. The number of thiocarbonyl (C=S) groups is 1. The van der Waals surface area contributed by atoms with Crippen molar-refractivity contribution in [3.63, 3.8) is 0 Å². The molecule has 0 amide bonds. The number of hydrazone groups is 1. The molecule has 5 nitrogen and oxygen atoms in total. The number of rotatable bonds is 3. The summed E-state index contributed by atoms with van der Waals surface area (Å²) in [4.78, 5) is 0. The van der Waals surface area contributed by atoms with Gasteiger partial charge in [0.1, 0.15) is 0 Å². The molecule has 0 spiro atoms. The lowest BCUT2D eigenvalue weighted by molar-refractivity contribution is 1.04. The Kier molecular flexibility index (Phi) is 3.46. The van der Waals surface area contributed by atoms with Gasteiger partial charge in [-0.15, -0.1) is 0 Å². The highest BCUT2D eigenvalue weighted by Crippen LogP contribution is 2.18. The molecule has 0 bridgehead atoms. The Balaban J connectivity index is 2.23. The van der Waals surface area contributed by atoms with Gasteiger partial charge in [0.2, 0.25) is 0 Å². The summed E-state index contributed by atoms with van der Waals surface area (Å²) < 4.78 is 0. The van der Waals surface area contributed by atoms with E-state index >= 15 is 0 Å². The molecule has 0 aliphatic heterocycles. The molecule has 2 aromatic rings. The summed E-state index contributed by atoms with van der Waals surface area (Å²) >= 11 is 4.65. The van der Waals surface area contributed by atoms with Gasteiger partial charge in [0.15, 0.2) is 5.11 Å². The van der Waals surface area contributed by atoms with Crippen LogP contribution in [-0.4, -0.2) is 21.5 Å². The molecule has 0 saturated carbocycles. The summed E-state index contributed by atoms with van der Waals surface area (Å²) in [5.41, 5.74) is 10.6. The number of benzene rings is 1. The van der Waals surface area contributed by atoms with E-state index in [4.69, 9.17) is 5.73 Å². The number of aromatic amines is 1. The highest BCUT2D eigenvalue weighted by atomic mass is 32.1. The number of aromatic nitrogens is 2. The normalized spacial score (nSPS) is 10.6. The summed E-state index contributed by atoms with van der Waals surface area (Å²) in [5, 5.41) is 10.9. The van der Waals surface area contributed by atoms with E-state index in [-0.39, 0.29) is 5.11 Å². The number of hydrogen-bond acceptors (Lipinski definition) is 3. The zero-order valence-electron chi connectivity index (χ0n) is 8.92. The number of nitrogens with zero attached hydrogens (tertiary/aromatic N) is 2. The number of H-pyrrole nitrogens is 1. The molecule has 0 aliphatic rings. The summed E-state index contributed by atoms with van der Waals surface area (Å²) in [5.74, 6) is 0. The lowest BCUT2D eigenvalue weighted by Crippen LogP contribution is -2.23. The number of hydrogen-bond donors (Lipinski definition) is 3. The standard InChI is InChI=1S/C11H11N5S/c12-11(17)16-14-7-9-6-13-15-10(9)8-4-2-1-3-5-8/h1-7H,(H,13,15)(H3,12,16,17). The molecular weight excluding hydrogens is 234 g/mol. The lowest BCUT2D eigenvalue weighted by atomic mass is 10.1. The molecule has 1 aromatic carbocycles. The summed E-state index contributed by atoms with van der Waals surface area (Å²) in [6.07, 6.45) is 3.30. The van der Waals surface area contributed by atoms with Crippen LogP contribution in [0.3, 0.4) is 0 Å². The maximum atomic E-state index is 5.26. The van der Waals surface area contributed by atoms with Crippen molar-refractivity contribution in [2.75, 3.05) is 0 Å². The SMILES string of the molecule is NC(=S)NN=Cc1cn[nH]c1-c1ccccc1. The van der Waals surface area contributed by atoms with E-state index in [0.717, 1.165) is 16.8 Å². The molecule has 0 fully saturated rings. The van der Waals surface area contributed by atoms with Gasteiger partial charge in [-0.2, -0.15) is 10.2 Å². The molecule has 1 aromatic heterocycles. The van der Waals surface area contributed by atoms with Crippen molar-refractivity contribution in [2.45, 2.75) is 0 Å². The predicted molar refractivity (Wildman–Crippen MR) is 71.5 cm³/mol. The monoisotopic (exact) mass is 245 g/mol. The van der Waals surface area contributed by atoms with Gasteiger partial charge in [-0.05, 0) is 12.2 Å². The van der Waals surface area contributed by atoms with E-state index < -0.39 is 0 Å². The van der Waals surface area contributed by atoms with Crippen LogP contribution in [0.5, 0.6) is 0 Å². The Labute approximate surface area is 104 Å². The Bertz CT molecular complexity index is 532. The predicted octanol–water partition coefficient (Wildman–Crippen LogP) is 1.24. The Morgan fingerprint density at radius 2 is 2.18 bits per heavy atom. The molecule has 0 saturated heterocycles. The Morgan fingerprint density at radius 3 is 2.88 bits per heavy atom. The van der Waals surface area contributed by atoms with E-state index in [0.29, 0.717) is 0 Å². The van der Waals surface area contributed by atoms with Crippen LogP contribution in [0.25, 0.3) is 11.3 Å². The average Bonchev–Trinajstić information content (AvgIpc) is 2.78. The summed E-state index contributed by atoms with van der Waals surface area (Å²) in [6.45, 7) is 0. The Hall–Kier alpha value is -2.21. The van der Waals surface area contributed by atoms with E-state index in [9.17, 15) is 0 Å².